The van der Waals surface area contributed by atoms with Gasteiger partial charge in [-0.1, -0.05) is 6.92 Å². The third-order valence-corrected chi connectivity index (χ3v) is 3.11. The van der Waals surface area contributed by atoms with Crippen LogP contribution in [0.2, 0.25) is 0 Å². The van der Waals surface area contributed by atoms with Crippen molar-refractivity contribution in [2.75, 3.05) is 5.32 Å². The van der Waals surface area contributed by atoms with E-state index in [-0.39, 0.29) is 0 Å². The molecule has 1 saturated carbocycles. The molecule has 2 atom stereocenters. The fourth-order valence-corrected chi connectivity index (χ4v) is 1.71. The van der Waals surface area contributed by atoms with E-state index in [2.05, 4.69) is 44.8 Å². The lowest BCUT2D eigenvalue weighted by atomic mass is 9.81. The van der Waals surface area contributed by atoms with Gasteiger partial charge in [0.2, 0.25) is 5.95 Å². The first-order valence-corrected chi connectivity index (χ1v) is 5.57. The van der Waals surface area contributed by atoms with E-state index in [1.165, 1.54) is 12.8 Å². The molecule has 0 aliphatic heterocycles. The van der Waals surface area contributed by atoms with Crippen molar-refractivity contribution in [1.82, 2.24) is 9.97 Å². The number of rotatable bonds is 2. The lowest BCUT2D eigenvalue weighted by molar-refractivity contribution is 0.302. The molecule has 1 N–H and O–H groups in total. The summed E-state index contributed by atoms with van der Waals surface area (Å²) in [6.07, 6.45) is 6.23. The molecule has 1 fully saturated rings. The minimum atomic E-state index is 0.583. The normalized spacial score (nSPS) is 26.6. The van der Waals surface area contributed by atoms with E-state index in [1.54, 1.807) is 0 Å². The zero-order valence-electron chi connectivity index (χ0n) is 7.50. The molecule has 1 heterocycles. The quantitative estimate of drug-likeness (QED) is 0.849. The molecule has 0 amide bonds. The van der Waals surface area contributed by atoms with Crippen molar-refractivity contribution in [1.29, 1.82) is 0 Å². The van der Waals surface area contributed by atoms with Gasteiger partial charge in [-0.2, -0.15) is 0 Å². The minimum Gasteiger partial charge on any atom is -0.351 e. The van der Waals surface area contributed by atoms with Crippen molar-refractivity contribution in [3.8, 4) is 0 Å². The molecule has 3 nitrogen and oxygen atoms in total. The van der Waals surface area contributed by atoms with Crippen molar-refractivity contribution in [2.45, 2.75) is 25.8 Å². The first-order chi connectivity index (χ1) is 6.25. The maximum Gasteiger partial charge on any atom is 0.222 e. The summed E-state index contributed by atoms with van der Waals surface area (Å²) < 4.78 is 1.07. The van der Waals surface area contributed by atoms with Crippen LogP contribution in [0.25, 0.3) is 0 Å². The van der Waals surface area contributed by atoms with Crippen LogP contribution in [0, 0.1) is 9.49 Å². The van der Waals surface area contributed by atoms with Crippen LogP contribution in [0.5, 0.6) is 0 Å². The number of nitrogens with zero attached hydrogens (tertiary/aromatic N) is 2. The Morgan fingerprint density at radius 2 is 2.08 bits per heavy atom. The van der Waals surface area contributed by atoms with E-state index in [9.17, 15) is 0 Å². The summed E-state index contributed by atoms with van der Waals surface area (Å²) >= 11 is 2.20. The van der Waals surface area contributed by atoms with Crippen LogP contribution in [-0.4, -0.2) is 16.0 Å². The fourth-order valence-electron chi connectivity index (χ4n) is 1.43. The second kappa shape index (κ2) is 3.77. The van der Waals surface area contributed by atoms with E-state index in [4.69, 9.17) is 0 Å². The van der Waals surface area contributed by atoms with Crippen molar-refractivity contribution in [3.63, 3.8) is 0 Å². The third-order valence-electron chi connectivity index (χ3n) is 2.55. The van der Waals surface area contributed by atoms with Gasteiger partial charge in [0, 0.05) is 22.0 Å². The van der Waals surface area contributed by atoms with Gasteiger partial charge in [0.15, 0.2) is 0 Å². The van der Waals surface area contributed by atoms with Crippen molar-refractivity contribution in [3.05, 3.63) is 16.0 Å². The van der Waals surface area contributed by atoms with Gasteiger partial charge < -0.3 is 5.32 Å². The monoisotopic (exact) mass is 289 g/mol. The molecule has 0 saturated heterocycles. The Morgan fingerprint density at radius 3 is 2.54 bits per heavy atom. The largest absolute Gasteiger partial charge is 0.351 e. The van der Waals surface area contributed by atoms with Gasteiger partial charge in [0.1, 0.15) is 0 Å². The van der Waals surface area contributed by atoms with Gasteiger partial charge in [-0.15, -0.1) is 0 Å². The van der Waals surface area contributed by atoms with Crippen LogP contribution in [0.1, 0.15) is 19.8 Å². The van der Waals surface area contributed by atoms with Gasteiger partial charge in [0.25, 0.3) is 0 Å². The van der Waals surface area contributed by atoms with Gasteiger partial charge in [-0.25, -0.2) is 9.97 Å². The topological polar surface area (TPSA) is 37.8 Å². The zero-order valence-corrected chi connectivity index (χ0v) is 9.65. The fraction of sp³-hybridized carbons (Fsp3) is 0.556. The molecule has 13 heavy (non-hydrogen) atoms. The summed E-state index contributed by atoms with van der Waals surface area (Å²) in [5.41, 5.74) is 0. The van der Waals surface area contributed by atoms with Crippen molar-refractivity contribution >= 4 is 28.5 Å². The summed E-state index contributed by atoms with van der Waals surface area (Å²) in [6.45, 7) is 2.26. The highest BCUT2D eigenvalue weighted by Crippen LogP contribution is 2.28. The van der Waals surface area contributed by atoms with Crippen LogP contribution >= 0.6 is 22.6 Å². The maximum atomic E-state index is 4.20. The Morgan fingerprint density at radius 1 is 1.38 bits per heavy atom. The first-order valence-electron chi connectivity index (χ1n) is 4.50. The van der Waals surface area contributed by atoms with Crippen LogP contribution < -0.4 is 5.32 Å². The van der Waals surface area contributed by atoms with E-state index in [0.29, 0.717) is 6.04 Å². The summed E-state index contributed by atoms with van der Waals surface area (Å²) in [6, 6.07) is 0.583. The van der Waals surface area contributed by atoms with Gasteiger partial charge in [-0.05, 0) is 41.4 Å². The standard InChI is InChI=1S/C9H12IN3/c1-6-2-3-8(6)13-9-11-4-7(10)5-12-9/h4-6,8H,2-3H2,1H3,(H,11,12,13). The number of halogens is 1. The van der Waals surface area contributed by atoms with Crippen LogP contribution in [-0.2, 0) is 0 Å². The lowest BCUT2D eigenvalue weighted by Gasteiger charge is -2.34. The highest BCUT2D eigenvalue weighted by Gasteiger charge is 2.26. The molecule has 2 rings (SSSR count). The smallest absolute Gasteiger partial charge is 0.222 e. The molecule has 0 radical (unpaired) electrons. The van der Waals surface area contributed by atoms with E-state index in [0.717, 1.165) is 15.4 Å². The van der Waals surface area contributed by atoms with Crippen LogP contribution in [0.15, 0.2) is 12.4 Å². The van der Waals surface area contributed by atoms with E-state index in [1.807, 2.05) is 12.4 Å². The van der Waals surface area contributed by atoms with Gasteiger partial charge in [0.05, 0.1) is 0 Å². The Bertz CT molecular complexity index is 285. The highest BCUT2D eigenvalue weighted by atomic mass is 127. The molecule has 1 aliphatic carbocycles. The number of nitrogens with one attached hydrogen (secondary N) is 1. The number of hydrogen-bond donors (Lipinski definition) is 1. The average molecular weight is 289 g/mol. The van der Waals surface area contributed by atoms with Crippen LogP contribution in [0.3, 0.4) is 0 Å². The molecule has 70 valence electrons. The molecular formula is C9H12IN3. The van der Waals surface area contributed by atoms with Crippen molar-refractivity contribution in [2.24, 2.45) is 5.92 Å². The number of aromatic nitrogens is 2. The van der Waals surface area contributed by atoms with Crippen LogP contribution in [0.4, 0.5) is 5.95 Å². The Labute approximate surface area is 91.5 Å². The molecule has 1 aromatic heterocycles. The molecule has 0 aromatic carbocycles. The summed E-state index contributed by atoms with van der Waals surface area (Å²) in [7, 11) is 0. The summed E-state index contributed by atoms with van der Waals surface area (Å²) in [5, 5.41) is 3.33. The van der Waals surface area contributed by atoms with Crippen molar-refractivity contribution < 1.29 is 0 Å². The lowest BCUT2D eigenvalue weighted by Crippen LogP contribution is -2.36. The van der Waals surface area contributed by atoms with Gasteiger partial charge >= 0.3 is 0 Å². The molecule has 1 aromatic rings. The second-order valence-electron chi connectivity index (χ2n) is 3.53. The second-order valence-corrected chi connectivity index (χ2v) is 4.78. The Kier molecular flexibility index (Phi) is 2.66. The van der Waals surface area contributed by atoms with E-state index < -0.39 is 0 Å². The molecule has 0 bridgehead atoms. The SMILES string of the molecule is CC1CCC1Nc1ncc(I)cn1. The number of anilines is 1. The first kappa shape index (κ1) is 9.18. The van der Waals surface area contributed by atoms with E-state index >= 15 is 0 Å². The zero-order chi connectivity index (χ0) is 9.26. The minimum absolute atomic E-state index is 0.583. The molecule has 1 aliphatic rings. The number of hydrogen-bond acceptors (Lipinski definition) is 3. The maximum absolute atomic E-state index is 4.20. The van der Waals surface area contributed by atoms with Gasteiger partial charge in [-0.3, -0.25) is 0 Å². The molecular weight excluding hydrogens is 277 g/mol. The molecule has 4 heteroatoms. The summed E-state index contributed by atoms with van der Waals surface area (Å²) in [4.78, 5) is 8.41. The average Bonchev–Trinajstić information content (AvgIpc) is 2.15. The Balaban J connectivity index is 1.98. The predicted octanol–water partition coefficient (Wildman–Crippen LogP) is 2.29. The molecule has 0 spiro atoms. The highest BCUT2D eigenvalue weighted by molar-refractivity contribution is 14.1. The Hall–Kier alpha value is -0.390. The third kappa shape index (κ3) is 2.10. The summed E-state index contributed by atoms with van der Waals surface area (Å²) in [5.74, 6) is 1.53. The predicted molar refractivity (Wildman–Crippen MR) is 60.6 cm³/mol. The molecule has 2 unspecified atom stereocenters.